The molecule has 0 bridgehead atoms. The first-order valence-corrected chi connectivity index (χ1v) is 9.11. The maximum absolute atomic E-state index is 11.9. The Hall–Kier alpha value is -3.31. The van der Waals surface area contributed by atoms with Crippen LogP contribution in [0.25, 0.3) is 0 Å². The van der Waals surface area contributed by atoms with Crippen LogP contribution in [0.3, 0.4) is 0 Å². The van der Waals surface area contributed by atoms with E-state index in [9.17, 15) is 4.79 Å². The molecule has 3 rings (SSSR count). The van der Waals surface area contributed by atoms with Crippen LogP contribution >= 0.6 is 11.6 Å². The zero-order chi connectivity index (χ0) is 19.8. The average molecular weight is 394 g/mol. The van der Waals surface area contributed by atoms with Gasteiger partial charge in [0.25, 0.3) is 5.91 Å². The van der Waals surface area contributed by atoms with Gasteiger partial charge in [0.1, 0.15) is 18.2 Å². The van der Waals surface area contributed by atoms with Gasteiger partial charge in [0.05, 0.1) is 5.56 Å². The predicted molar refractivity (Wildman–Crippen MR) is 112 cm³/mol. The summed E-state index contributed by atoms with van der Waals surface area (Å²) in [6, 6.07) is 18.6. The fourth-order valence-electron chi connectivity index (χ4n) is 2.40. The van der Waals surface area contributed by atoms with Crippen molar-refractivity contribution in [2.75, 3.05) is 11.9 Å². The van der Waals surface area contributed by atoms with E-state index in [-0.39, 0.29) is 5.91 Å². The lowest BCUT2D eigenvalue weighted by atomic mass is 10.2. The number of aromatic nitrogens is 1. The van der Waals surface area contributed by atoms with Crippen LogP contribution in [0.5, 0.6) is 5.75 Å². The molecule has 0 aliphatic heterocycles. The highest BCUT2D eigenvalue weighted by Crippen LogP contribution is 2.20. The number of carbonyl (C=O) groups excluding carboxylic acids is 1. The first-order chi connectivity index (χ1) is 13.6. The average Bonchev–Trinajstić information content (AvgIpc) is 2.73. The summed E-state index contributed by atoms with van der Waals surface area (Å²) in [4.78, 5) is 16.1. The maximum atomic E-state index is 11.9. The molecule has 0 unspecified atom stereocenters. The summed E-state index contributed by atoms with van der Waals surface area (Å²) in [5, 5.41) is 6.61. The van der Waals surface area contributed by atoms with Crippen LogP contribution in [-0.2, 0) is 6.61 Å². The fraction of sp³-hybridized carbons (Fsp3) is 0.0909. The molecule has 3 aromatic rings. The molecular weight excluding hydrogens is 374 g/mol. The third-order valence-corrected chi connectivity index (χ3v) is 4.13. The van der Waals surface area contributed by atoms with Gasteiger partial charge in [0.2, 0.25) is 0 Å². The minimum atomic E-state index is -0.180. The summed E-state index contributed by atoms with van der Waals surface area (Å²) in [5.74, 6) is 1.24. The zero-order valence-corrected chi connectivity index (χ0v) is 15.9. The Bertz CT molecular complexity index is 924. The Morgan fingerprint density at radius 2 is 1.82 bits per heavy atom. The fourth-order valence-corrected chi connectivity index (χ4v) is 2.52. The number of hydrogen-bond acceptors (Lipinski definition) is 4. The summed E-state index contributed by atoms with van der Waals surface area (Å²) >= 11 is 5.88. The topological polar surface area (TPSA) is 63.2 Å². The molecule has 0 fully saturated rings. The molecule has 6 heteroatoms. The van der Waals surface area contributed by atoms with Crippen molar-refractivity contribution >= 4 is 29.0 Å². The third-order valence-electron chi connectivity index (χ3n) is 3.88. The molecule has 142 valence electrons. The van der Waals surface area contributed by atoms with E-state index in [1.165, 1.54) is 6.20 Å². The molecule has 2 N–H and O–H groups in total. The van der Waals surface area contributed by atoms with Crippen molar-refractivity contribution in [3.63, 3.8) is 0 Å². The van der Waals surface area contributed by atoms with Gasteiger partial charge < -0.3 is 15.4 Å². The van der Waals surface area contributed by atoms with E-state index in [4.69, 9.17) is 16.3 Å². The molecule has 0 aliphatic rings. The second-order valence-electron chi connectivity index (χ2n) is 6.00. The van der Waals surface area contributed by atoms with Crippen molar-refractivity contribution in [3.05, 3.63) is 95.7 Å². The number of anilines is 2. The number of rotatable bonds is 8. The molecule has 0 spiro atoms. The highest BCUT2D eigenvalue weighted by molar-refractivity contribution is 6.30. The Morgan fingerprint density at radius 1 is 1.07 bits per heavy atom. The molecule has 0 radical (unpaired) electrons. The van der Waals surface area contributed by atoms with Crippen molar-refractivity contribution in [2.24, 2.45) is 0 Å². The third kappa shape index (κ3) is 5.59. The first-order valence-electron chi connectivity index (χ1n) is 8.73. The minimum Gasteiger partial charge on any atom is -0.489 e. The van der Waals surface area contributed by atoms with Crippen LogP contribution in [0.4, 0.5) is 11.5 Å². The monoisotopic (exact) mass is 393 g/mol. The standard InChI is InChI=1S/C22H20ClN3O2/c1-2-13-24-22(27)17-5-12-21(25-14-17)26-19-8-10-20(11-9-19)28-15-16-3-6-18(23)7-4-16/h2-12,14H,1,13,15H2,(H,24,27)(H,25,26). The number of ether oxygens (including phenoxy) is 1. The smallest absolute Gasteiger partial charge is 0.253 e. The summed E-state index contributed by atoms with van der Waals surface area (Å²) in [6.45, 7) is 4.46. The van der Waals surface area contributed by atoms with E-state index in [0.29, 0.717) is 29.6 Å². The van der Waals surface area contributed by atoms with Crippen LogP contribution in [0.2, 0.25) is 5.02 Å². The lowest BCUT2D eigenvalue weighted by Gasteiger charge is -2.09. The molecule has 0 saturated carbocycles. The van der Waals surface area contributed by atoms with Crippen LogP contribution in [-0.4, -0.2) is 17.4 Å². The van der Waals surface area contributed by atoms with E-state index in [2.05, 4.69) is 22.2 Å². The molecule has 0 atom stereocenters. The summed E-state index contributed by atoms with van der Waals surface area (Å²) in [5.41, 5.74) is 2.42. The number of nitrogens with zero attached hydrogens (tertiary/aromatic N) is 1. The molecule has 0 saturated heterocycles. The Morgan fingerprint density at radius 3 is 2.46 bits per heavy atom. The van der Waals surface area contributed by atoms with E-state index in [1.54, 1.807) is 18.2 Å². The SMILES string of the molecule is C=CCNC(=O)c1ccc(Nc2ccc(OCc3ccc(Cl)cc3)cc2)nc1. The number of nitrogens with one attached hydrogen (secondary N) is 2. The Labute approximate surface area is 169 Å². The number of hydrogen-bond donors (Lipinski definition) is 2. The normalized spacial score (nSPS) is 10.2. The Balaban J connectivity index is 1.54. The summed E-state index contributed by atoms with van der Waals surface area (Å²) in [6.07, 6.45) is 3.16. The van der Waals surface area contributed by atoms with E-state index in [0.717, 1.165) is 17.0 Å². The van der Waals surface area contributed by atoms with E-state index < -0.39 is 0 Å². The molecule has 1 aromatic heterocycles. The van der Waals surface area contributed by atoms with Gasteiger partial charge in [-0.1, -0.05) is 29.8 Å². The van der Waals surface area contributed by atoms with Crippen molar-refractivity contribution in [2.45, 2.75) is 6.61 Å². The summed E-state index contributed by atoms with van der Waals surface area (Å²) < 4.78 is 5.77. The van der Waals surface area contributed by atoms with Crippen molar-refractivity contribution in [1.82, 2.24) is 10.3 Å². The predicted octanol–water partition coefficient (Wildman–Crippen LogP) is 4.97. The number of amides is 1. The zero-order valence-electron chi connectivity index (χ0n) is 15.2. The lowest BCUT2D eigenvalue weighted by Crippen LogP contribution is -2.23. The van der Waals surface area contributed by atoms with E-state index in [1.807, 2.05) is 48.5 Å². The second kappa shape index (κ2) is 9.58. The molecule has 5 nitrogen and oxygen atoms in total. The van der Waals surface area contributed by atoms with Crippen LogP contribution < -0.4 is 15.4 Å². The largest absolute Gasteiger partial charge is 0.489 e. The number of pyridine rings is 1. The van der Waals surface area contributed by atoms with Gasteiger partial charge in [-0.2, -0.15) is 0 Å². The molecule has 1 heterocycles. The van der Waals surface area contributed by atoms with Gasteiger partial charge >= 0.3 is 0 Å². The maximum Gasteiger partial charge on any atom is 0.253 e. The van der Waals surface area contributed by atoms with Gasteiger partial charge in [-0.3, -0.25) is 4.79 Å². The highest BCUT2D eigenvalue weighted by Gasteiger charge is 2.05. The van der Waals surface area contributed by atoms with Crippen LogP contribution in [0, 0.1) is 0 Å². The Kier molecular flexibility index (Phi) is 6.65. The van der Waals surface area contributed by atoms with Gasteiger partial charge in [-0.25, -0.2) is 4.98 Å². The summed E-state index contributed by atoms with van der Waals surface area (Å²) in [7, 11) is 0. The van der Waals surface area contributed by atoms with Crippen LogP contribution in [0.15, 0.2) is 79.5 Å². The molecule has 1 amide bonds. The van der Waals surface area contributed by atoms with Crippen LogP contribution in [0.1, 0.15) is 15.9 Å². The lowest BCUT2D eigenvalue weighted by molar-refractivity contribution is 0.0957. The van der Waals surface area contributed by atoms with Crippen molar-refractivity contribution < 1.29 is 9.53 Å². The van der Waals surface area contributed by atoms with Gasteiger partial charge in [0, 0.05) is 23.5 Å². The van der Waals surface area contributed by atoms with Gasteiger partial charge in [-0.15, -0.1) is 6.58 Å². The quantitative estimate of drug-likeness (QED) is 0.530. The second-order valence-corrected chi connectivity index (χ2v) is 6.43. The van der Waals surface area contributed by atoms with Crippen molar-refractivity contribution in [3.8, 4) is 5.75 Å². The first kappa shape index (κ1) is 19.5. The number of benzene rings is 2. The minimum absolute atomic E-state index is 0.180. The van der Waals surface area contributed by atoms with Gasteiger partial charge in [0.15, 0.2) is 0 Å². The van der Waals surface area contributed by atoms with Gasteiger partial charge in [-0.05, 0) is 54.1 Å². The van der Waals surface area contributed by atoms with Crippen molar-refractivity contribution in [1.29, 1.82) is 0 Å². The molecule has 28 heavy (non-hydrogen) atoms. The molecule has 2 aromatic carbocycles. The molecular formula is C22H20ClN3O2. The number of carbonyl (C=O) groups is 1. The van der Waals surface area contributed by atoms with E-state index >= 15 is 0 Å². The number of halogens is 1. The molecule has 0 aliphatic carbocycles. The highest BCUT2D eigenvalue weighted by atomic mass is 35.5.